The number of carboxylic acids is 1. The van der Waals surface area contributed by atoms with Crippen molar-refractivity contribution in [1.82, 2.24) is 0 Å². The summed E-state index contributed by atoms with van der Waals surface area (Å²) in [6.07, 6.45) is 3.72. The molecule has 0 saturated carbocycles. The van der Waals surface area contributed by atoms with Crippen molar-refractivity contribution >= 4 is 22.9 Å². The van der Waals surface area contributed by atoms with Gasteiger partial charge in [-0.3, -0.25) is 13.3 Å². The third kappa shape index (κ3) is 6.95. The zero-order valence-corrected chi connectivity index (χ0v) is 20.2. The van der Waals surface area contributed by atoms with Crippen LogP contribution in [0.15, 0.2) is 65.3 Å². The van der Waals surface area contributed by atoms with Crippen LogP contribution in [0.25, 0.3) is 11.3 Å². The van der Waals surface area contributed by atoms with Crippen molar-refractivity contribution in [2.24, 2.45) is 0 Å². The first-order valence-corrected chi connectivity index (χ1v) is 12.2. The number of aliphatic carboxylic acids is 1. The predicted octanol–water partition coefficient (Wildman–Crippen LogP) is 5.89. The number of nitrogens with zero attached hydrogens (tertiary/aromatic N) is 1. The van der Waals surface area contributed by atoms with Crippen LogP contribution in [0.3, 0.4) is 0 Å². The van der Waals surface area contributed by atoms with Gasteiger partial charge in [-0.05, 0) is 67.1 Å². The average molecular weight is 486 g/mol. The lowest BCUT2D eigenvalue weighted by molar-refractivity contribution is -0.137. The predicted molar refractivity (Wildman–Crippen MR) is 131 cm³/mol. The van der Waals surface area contributed by atoms with Gasteiger partial charge >= 0.3 is 5.97 Å². The van der Waals surface area contributed by atoms with Crippen LogP contribution in [0, 0.1) is 0 Å². The van der Waals surface area contributed by atoms with E-state index in [0.29, 0.717) is 47.8 Å². The molecule has 0 fully saturated rings. The molecule has 7 nitrogen and oxygen atoms in total. The van der Waals surface area contributed by atoms with Gasteiger partial charge in [0.25, 0.3) is 0 Å². The molecule has 0 bridgehead atoms. The van der Waals surface area contributed by atoms with Crippen molar-refractivity contribution in [3.63, 3.8) is 0 Å². The van der Waals surface area contributed by atoms with Gasteiger partial charge in [0.1, 0.15) is 11.5 Å². The van der Waals surface area contributed by atoms with Gasteiger partial charge in [-0.25, -0.2) is 0 Å². The van der Waals surface area contributed by atoms with Gasteiger partial charge < -0.3 is 18.8 Å². The fraction of sp³-hybridized carbons (Fsp3) is 0.346. The normalized spacial score (nSPS) is 12.7. The Bertz CT molecular complexity index is 1140. The summed E-state index contributed by atoms with van der Waals surface area (Å²) in [6.45, 7) is 3.87. The van der Waals surface area contributed by atoms with E-state index in [1.165, 1.54) is 4.31 Å². The van der Waals surface area contributed by atoms with Crippen molar-refractivity contribution in [3.05, 3.63) is 72.0 Å². The Hall–Kier alpha value is -3.10. The summed E-state index contributed by atoms with van der Waals surface area (Å²) < 4.78 is 46.0. The van der Waals surface area contributed by atoms with Gasteiger partial charge in [0, 0.05) is 30.2 Å². The van der Waals surface area contributed by atoms with Crippen molar-refractivity contribution in [2.45, 2.75) is 52.0 Å². The maximum atomic E-state index is 12.4. The Kier molecular flexibility index (Phi) is 8.76. The van der Waals surface area contributed by atoms with E-state index in [2.05, 4.69) is 0 Å². The summed E-state index contributed by atoms with van der Waals surface area (Å²) in [7, 11) is 0. The van der Waals surface area contributed by atoms with Crippen LogP contribution in [0.1, 0.15) is 57.9 Å². The topological polar surface area (TPSA) is 103 Å². The number of carbonyl (C=O) groups is 1. The average Bonchev–Trinajstić information content (AvgIpc) is 3.34. The first-order chi connectivity index (χ1) is 16.7. The smallest absolute Gasteiger partial charge is 0.303 e. The summed E-state index contributed by atoms with van der Waals surface area (Å²) in [5.41, 5.74) is 2.41. The number of hydrogen-bond acceptors (Lipinski definition) is 5. The first kappa shape index (κ1) is 24.0. The Morgan fingerprint density at radius 2 is 1.97 bits per heavy atom. The zero-order valence-electron chi connectivity index (χ0n) is 20.4. The molecule has 1 N–H and O–H groups in total. The van der Waals surface area contributed by atoms with Crippen LogP contribution in [-0.2, 0) is 22.6 Å². The molecule has 3 rings (SSSR count). The maximum absolute atomic E-state index is 12.4. The molecule has 1 unspecified atom stereocenters. The highest BCUT2D eigenvalue weighted by Gasteiger charge is 2.18. The molecule has 8 heteroatoms. The molecular weight excluding hydrogens is 454 g/mol. The van der Waals surface area contributed by atoms with Crippen molar-refractivity contribution in [1.29, 1.82) is 0 Å². The quantitative estimate of drug-likeness (QED) is 0.239. The second-order valence-corrected chi connectivity index (χ2v) is 9.00. The summed E-state index contributed by atoms with van der Waals surface area (Å²) in [4.78, 5) is 10.6. The molecule has 34 heavy (non-hydrogen) atoms. The molecule has 0 radical (unpaired) electrons. The summed E-state index contributed by atoms with van der Waals surface area (Å²) in [5.74, 6) is -0.671. The highest BCUT2D eigenvalue weighted by Crippen LogP contribution is 2.35. The van der Waals surface area contributed by atoms with Crippen molar-refractivity contribution in [2.75, 3.05) is 10.9 Å². The number of hydrogen-bond donors (Lipinski definition) is 1. The molecule has 1 atom stereocenters. The van der Waals surface area contributed by atoms with Crippen molar-refractivity contribution in [3.8, 4) is 17.1 Å². The van der Waals surface area contributed by atoms with Gasteiger partial charge in [-0.15, -0.1) is 0 Å². The van der Waals surface area contributed by atoms with Crippen LogP contribution in [0.2, 0.25) is 0 Å². The van der Waals surface area contributed by atoms with E-state index >= 15 is 0 Å². The van der Waals surface area contributed by atoms with Crippen molar-refractivity contribution < 1.29 is 29.2 Å². The van der Waals surface area contributed by atoms with E-state index in [0.717, 1.165) is 12.0 Å². The number of benzene rings is 2. The van der Waals surface area contributed by atoms with E-state index < -0.39 is 23.1 Å². The van der Waals surface area contributed by atoms with E-state index in [9.17, 15) is 13.6 Å². The lowest BCUT2D eigenvalue weighted by Crippen LogP contribution is -2.26. The molecule has 3 aromatic rings. The van der Waals surface area contributed by atoms with E-state index in [-0.39, 0.29) is 13.0 Å². The second kappa shape index (κ2) is 12.4. The van der Waals surface area contributed by atoms with Crippen LogP contribution in [0.5, 0.6) is 5.75 Å². The Labute approximate surface area is 204 Å². The number of ether oxygens (including phenoxy) is 1. The molecule has 182 valence electrons. The van der Waals surface area contributed by atoms with E-state index in [1.807, 2.05) is 24.3 Å². The fourth-order valence-corrected chi connectivity index (χ4v) is 4.20. The minimum absolute atomic E-state index is 0.0362. The Morgan fingerprint density at radius 1 is 1.18 bits per heavy atom. The second-order valence-electron chi connectivity index (χ2n) is 8.12. The monoisotopic (exact) mass is 485 g/mol. The summed E-state index contributed by atoms with van der Waals surface area (Å²) in [6, 6.07) is 16.1. The van der Waals surface area contributed by atoms with Gasteiger partial charge in [-0.2, -0.15) is 0 Å². The van der Waals surface area contributed by atoms with Gasteiger partial charge in [0.2, 0.25) is 0 Å². The number of furan rings is 1. The molecule has 2 aromatic carbocycles. The molecule has 1 aromatic heterocycles. The Morgan fingerprint density at radius 3 is 2.65 bits per heavy atom. The number of carboxylic acid groups (broad SMARTS) is 1. The molecular formula is C26H30NO6S-. The largest absolute Gasteiger partial charge is 0.755 e. The van der Waals surface area contributed by atoms with Crippen LogP contribution in [0.4, 0.5) is 5.69 Å². The van der Waals surface area contributed by atoms with Crippen LogP contribution >= 0.6 is 0 Å². The SMILES string of the molecule is [2H]C(C)(C)c1cc(-c2ccco2)ccc1N(Cc1ccccc1OCCCCCC(=O)O)S(=O)[O-]. The highest BCUT2D eigenvalue weighted by atomic mass is 32.2. The van der Waals surface area contributed by atoms with E-state index in [1.54, 1.807) is 50.4 Å². The third-order valence-corrected chi connectivity index (χ3v) is 6.05. The maximum Gasteiger partial charge on any atom is 0.303 e. The number of para-hydroxylation sites is 1. The van der Waals surface area contributed by atoms with Gasteiger partial charge in [0.15, 0.2) is 0 Å². The minimum atomic E-state index is -2.60. The minimum Gasteiger partial charge on any atom is -0.755 e. The molecule has 0 aliphatic carbocycles. The summed E-state index contributed by atoms with van der Waals surface area (Å²) in [5, 5.41) is 8.74. The number of unbranched alkanes of at least 4 members (excludes halogenated alkanes) is 2. The molecule has 0 aliphatic rings. The molecule has 1 heterocycles. The number of rotatable bonds is 13. The Balaban J connectivity index is 1.83. The summed E-state index contributed by atoms with van der Waals surface area (Å²) >= 11 is -2.60. The van der Waals surface area contributed by atoms with Gasteiger partial charge in [-0.1, -0.05) is 32.0 Å². The lowest BCUT2D eigenvalue weighted by Gasteiger charge is -2.30. The lowest BCUT2D eigenvalue weighted by atomic mass is 9.97. The zero-order chi connectivity index (χ0) is 25.4. The first-order valence-electron chi connectivity index (χ1n) is 11.6. The van der Waals surface area contributed by atoms with Crippen LogP contribution in [-0.4, -0.2) is 26.4 Å². The molecule has 0 aliphatic heterocycles. The fourth-order valence-electron chi connectivity index (χ4n) is 3.64. The van der Waals surface area contributed by atoms with E-state index in [4.69, 9.17) is 15.6 Å². The third-order valence-electron chi connectivity index (χ3n) is 5.37. The van der Waals surface area contributed by atoms with Gasteiger partial charge in [0.05, 0.1) is 25.1 Å². The molecule has 0 spiro atoms. The molecule has 0 saturated heterocycles. The highest BCUT2D eigenvalue weighted by molar-refractivity contribution is 7.80. The molecule has 0 amide bonds. The standard InChI is InChI=1S/C26H31NO6S/c1-19(2)22-17-20(24-11-8-16-33-24)13-14-23(22)27(34(30)31)18-21-9-5-6-10-25(21)32-15-7-3-4-12-26(28)29/h5-6,8-11,13-14,16-17,19H,3-4,7,12,15,18H2,1-2H3,(H,28,29)(H,30,31)/p-1/i19D. The number of anilines is 1. The van der Waals surface area contributed by atoms with Crippen LogP contribution < -0.4 is 9.04 Å².